The van der Waals surface area contributed by atoms with Crippen molar-refractivity contribution in [3.63, 3.8) is 0 Å². The number of hydrogen-bond donors (Lipinski definition) is 0. The van der Waals surface area contributed by atoms with Crippen molar-refractivity contribution in [2.24, 2.45) is 0 Å². The van der Waals surface area contributed by atoms with Gasteiger partial charge in [0.2, 0.25) is 0 Å². The predicted octanol–water partition coefficient (Wildman–Crippen LogP) is 5.11. The van der Waals surface area contributed by atoms with Crippen LogP contribution in [0.15, 0.2) is 95.9 Å². The summed E-state index contributed by atoms with van der Waals surface area (Å²) in [6.45, 7) is 3.56. The number of fused-ring (bicyclic) bond motifs is 1. The molecule has 3 aromatic carbocycles. The van der Waals surface area contributed by atoms with Crippen molar-refractivity contribution in [2.75, 3.05) is 6.61 Å². The summed E-state index contributed by atoms with van der Waals surface area (Å²) in [7, 11) is 0. The second-order valence-corrected chi connectivity index (χ2v) is 10.4. The van der Waals surface area contributed by atoms with Crippen molar-refractivity contribution < 1.29 is 33.3 Å². The van der Waals surface area contributed by atoms with Gasteiger partial charge in [0, 0.05) is 4.90 Å². The molecule has 0 aromatic heterocycles. The Balaban J connectivity index is 1.40. The first-order valence-corrected chi connectivity index (χ1v) is 13.0. The van der Waals surface area contributed by atoms with Crippen molar-refractivity contribution >= 4 is 23.7 Å². The van der Waals surface area contributed by atoms with Crippen LogP contribution in [0.1, 0.15) is 34.6 Å². The molecule has 0 aliphatic carbocycles. The molecule has 0 amide bonds. The standard InChI is InChI=1S/C29H28O7S/c1-29(2)35-23-22(18-32-26(30)19-12-6-3-7-13-19)33-28(37-21-16-10-5-11-17-21)25(24(23)36-29)34-27(31)20-14-8-4-9-15-20/h3-17,22-25,28H,18H2,1-2H3. The van der Waals surface area contributed by atoms with Gasteiger partial charge in [-0.1, -0.05) is 66.4 Å². The van der Waals surface area contributed by atoms with E-state index in [2.05, 4.69) is 0 Å². The SMILES string of the molecule is CC1(C)OC2C(COC(=O)c3ccccc3)OC(Sc3ccccc3)C(OC(=O)c3ccccc3)C2O1. The molecular formula is C29H28O7S. The van der Waals surface area contributed by atoms with E-state index in [9.17, 15) is 9.59 Å². The lowest BCUT2D eigenvalue weighted by Crippen LogP contribution is -2.57. The summed E-state index contributed by atoms with van der Waals surface area (Å²) in [5.74, 6) is -1.87. The van der Waals surface area contributed by atoms with E-state index in [1.807, 2.05) is 42.5 Å². The van der Waals surface area contributed by atoms with E-state index in [1.54, 1.807) is 62.4 Å². The fraction of sp³-hybridized carbons (Fsp3) is 0.310. The van der Waals surface area contributed by atoms with Crippen LogP contribution in [0.3, 0.4) is 0 Å². The predicted molar refractivity (Wildman–Crippen MR) is 137 cm³/mol. The van der Waals surface area contributed by atoms with E-state index in [-0.39, 0.29) is 6.61 Å². The number of ether oxygens (including phenoxy) is 5. The third kappa shape index (κ3) is 6.05. The van der Waals surface area contributed by atoms with Gasteiger partial charge in [-0.15, -0.1) is 0 Å². The van der Waals surface area contributed by atoms with Crippen LogP contribution in [-0.2, 0) is 23.7 Å². The van der Waals surface area contributed by atoms with E-state index in [0.29, 0.717) is 11.1 Å². The molecule has 8 heteroatoms. The van der Waals surface area contributed by atoms with Crippen LogP contribution in [0.25, 0.3) is 0 Å². The lowest BCUT2D eigenvalue weighted by Gasteiger charge is -2.41. The molecule has 2 saturated heterocycles. The van der Waals surface area contributed by atoms with Gasteiger partial charge in [-0.05, 0) is 50.2 Å². The first kappa shape index (κ1) is 25.5. The molecule has 2 aliphatic rings. The maximum Gasteiger partial charge on any atom is 0.338 e. The number of rotatable bonds is 7. The third-order valence-electron chi connectivity index (χ3n) is 6.07. The molecule has 2 aliphatic heterocycles. The van der Waals surface area contributed by atoms with Gasteiger partial charge in [-0.25, -0.2) is 9.59 Å². The zero-order valence-electron chi connectivity index (χ0n) is 20.5. The Morgan fingerprint density at radius 3 is 1.95 bits per heavy atom. The van der Waals surface area contributed by atoms with Crippen molar-refractivity contribution in [3.05, 3.63) is 102 Å². The number of hydrogen-bond acceptors (Lipinski definition) is 8. The number of thioether (sulfide) groups is 1. The summed E-state index contributed by atoms with van der Waals surface area (Å²) < 4.78 is 30.5. The topological polar surface area (TPSA) is 80.3 Å². The Bertz CT molecular complexity index is 1200. The molecule has 5 unspecified atom stereocenters. The van der Waals surface area contributed by atoms with Gasteiger partial charge in [0.1, 0.15) is 30.4 Å². The highest BCUT2D eigenvalue weighted by Gasteiger charge is 2.57. The first-order chi connectivity index (χ1) is 17.9. The fourth-order valence-electron chi connectivity index (χ4n) is 4.41. The molecule has 3 aromatic rings. The summed E-state index contributed by atoms with van der Waals surface area (Å²) in [5, 5.41) is 0. The molecule has 0 saturated carbocycles. The molecule has 5 atom stereocenters. The van der Waals surface area contributed by atoms with Crippen LogP contribution in [0.4, 0.5) is 0 Å². The van der Waals surface area contributed by atoms with Gasteiger partial charge in [-0.3, -0.25) is 0 Å². The van der Waals surface area contributed by atoms with Crippen molar-refractivity contribution in [3.8, 4) is 0 Å². The summed E-state index contributed by atoms with van der Waals surface area (Å²) in [4.78, 5) is 26.6. The molecule has 0 bridgehead atoms. The van der Waals surface area contributed by atoms with E-state index in [4.69, 9.17) is 23.7 Å². The largest absolute Gasteiger partial charge is 0.459 e. The maximum absolute atomic E-state index is 13.1. The number of carbonyl (C=O) groups excluding carboxylic acids is 2. The molecule has 0 spiro atoms. The Hall–Kier alpha value is -3.17. The van der Waals surface area contributed by atoms with Crippen molar-refractivity contribution in [2.45, 2.75) is 54.4 Å². The molecule has 2 fully saturated rings. The van der Waals surface area contributed by atoms with Crippen LogP contribution >= 0.6 is 11.8 Å². The molecule has 0 N–H and O–H groups in total. The van der Waals surface area contributed by atoms with Gasteiger partial charge in [0.25, 0.3) is 0 Å². The fourth-order valence-corrected chi connectivity index (χ4v) is 5.53. The Kier molecular flexibility index (Phi) is 7.62. The average Bonchev–Trinajstić information content (AvgIpc) is 3.25. The highest BCUT2D eigenvalue weighted by Crippen LogP contribution is 2.43. The Labute approximate surface area is 220 Å². The van der Waals surface area contributed by atoms with Crippen molar-refractivity contribution in [1.82, 2.24) is 0 Å². The molecular weight excluding hydrogens is 492 g/mol. The molecule has 192 valence electrons. The zero-order chi connectivity index (χ0) is 25.8. The normalized spacial score (nSPS) is 26.2. The summed E-state index contributed by atoms with van der Waals surface area (Å²) in [6, 6.07) is 27.3. The van der Waals surface area contributed by atoms with Gasteiger partial charge in [-0.2, -0.15) is 0 Å². The summed E-state index contributed by atoms with van der Waals surface area (Å²) in [6.07, 6.45) is -2.64. The highest BCUT2D eigenvalue weighted by molar-refractivity contribution is 7.99. The number of benzene rings is 3. The van der Waals surface area contributed by atoms with Gasteiger partial charge in [0.15, 0.2) is 11.9 Å². The molecule has 5 rings (SSSR count). The average molecular weight is 521 g/mol. The van der Waals surface area contributed by atoms with Crippen LogP contribution in [0.2, 0.25) is 0 Å². The van der Waals surface area contributed by atoms with E-state index in [0.717, 1.165) is 4.90 Å². The van der Waals surface area contributed by atoms with Gasteiger partial charge in [0.05, 0.1) is 11.1 Å². The summed E-state index contributed by atoms with van der Waals surface area (Å²) in [5.41, 5.74) is 0.248. The molecule has 37 heavy (non-hydrogen) atoms. The first-order valence-electron chi connectivity index (χ1n) is 12.1. The van der Waals surface area contributed by atoms with Gasteiger partial charge >= 0.3 is 11.9 Å². The summed E-state index contributed by atoms with van der Waals surface area (Å²) >= 11 is 1.42. The molecule has 7 nitrogen and oxygen atoms in total. The number of carbonyl (C=O) groups is 2. The quantitative estimate of drug-likeness (QED) is 0.398. The monoisotopic (exact) mass is 520 g/mol. The van der Waals surface area contributed by atoms with E-state index >= 15 is 0 Å². The van der Waals surface area contributed by atoms with Crippen LogP contribution in [0, 0.1) is 0 Å². The smallest absolute Gasteiger partial charge is 0.338 e. The molecule has 2 heterocycles. The molecule has 0 radical (unpaired) electrons. The van der Waals surface area contributed by atoms with Crippen LogP contribution in [0.5, 0.6) is 0 Å². The lowest BCUT2D eigenvalue weighted by atomic mass is 10.00. The highest BCUT2D eigenvalue weighted by atomic mass is 32.2. The Morgan fingerprint density at radius 1 is 0.784 bits per heavy atom. The minimum absolute atomic E-state index is 0.0421. The van der Waals surface area contributed by atoms with Gasteiger partial charge < -0.3 is 23.7 Å². The Morgan fingerprint density at radius 2 is 1.32 bits per heavy atom. The zero-order valence-corrected chi connectivity index (χ0v) is 21.3. The maximum atomic E-state index is 13.1. The second-order valence-electron chi connectivity index (χ2n) is 9.24. The lowest BCUT2D eigenvalue weighted by molar-refractivity contribution is -0.170. The van der Waals surface area contributed by atoms with E-state index in [1.165, 1.54) is 11.8 Å². The van der Waals surface area contributed by atoms with Crippen LogP contribution in [-0.4, -0.2) is 54.2 Å². The second kappa shape index (κ2) is 11.1. The van der Waals surface area contributed by atoms with Crippen LogP contribution < -0.4 is 0 Å². The number of esters is 2. The third-order valence-corrected chi connectivity index (χ3v) is 7.22. The minimum atomic E-state index is -0.940. The van der Waals surface area contributed by atoms with Crippen molar-refractivity contribution in [1.29, 1.82) is 0 Å². The van der Waals surface area contributed by atoms with E-state index < -0.39 is 47.6 Å². The minimum Gasteiger partial charge on any atom is -0.459 e.